The predicted molar refractivity (Wildman–Crippen MR) is 93.4 cm³/mol. The molecule has 0 saturated carbocycles. The molecule has 106 valence electrons. The molecule has 0 aliphatic carbocycles. The molecular weight excluding hydrogens is 378 g/mol. The molecule has 8 heteroatoms. The highest BCUT2D eigenvalue weighted by Gasteiger charge is 2.25. The van der Waals surface area contributed by atoms with Gasteiger partial charge in [-0.1, -0.05) is 27.2 Å². The van der Waals surface area contributed by atoms with Gasteiger partial charge in [0.05, 0.1) is 9.80 Å². The van der Waals surface area contributed by atoms with Crippen molar-refractivity contribution >= 4 is 63.0 Å². The van der Waals surface area contributed by atoms with Crippen molar-refractivity contribution in [1.82, 2.24) is 0 Å². The van der Waals surface area contributed by atoms with E-state index < -0.39 is 0 Å². The summed E-state index contributed by atoms with van der Waals surface area (Å²) in [4.78, 5) is 1.70. The lowest BCUT2D eigenvalue weighted by Crippen LogP contribution is -2.09. The second-order valence-electron chi connectivity index (χ2n) is 3.74. The standard InChI is InChI=1S/C12H12BrN3OS3/c1-18-12-9(6-10(19-12)11(14)15)16-17-20-8-4-2-3-7(13)5-8/h2-6,12H,1H3,(H3,14,15). The number of rotatable bonds is 5. The Hall–Kier alpha value is -0.570. The highest BCUT2D eigenvalue weighted by atomic mass is 79.9. The Morgan fingerprint density at radius 1 is 1.55 bits per heavy atom. The summed E-state index contributed by atoms with van der Waals surface area (Å²) in [7, 11) is 0. The largest absolute Gasteiger partial charge is 0.383 e. The fourth-order valence-electron chi connectivity index (χ4n) is 1.42. The summed E-state index contributed by atoms with van der Waals surface area (Å²) in [6.07, 6.45) is 3.79. The van der Waals surface area contributed by atoms with Crippen molar-refractivity contribution in [1.29, 1.82) is 5.41 Å². The Morgan fingerprint density at radius 3 is 3.00 bits per heavy atom. The topological polar surface area (TPSA) is 71.5 Å². The number of nitrogens with zero attached hydrogens (tertiary/aromatic N) is 1. The van der Waals surface area contributed by atoms with Crippen LogP contribution in [0.5, 0.6) is 0 Å². The third kappa shape index (κ3) is 4.21. The molecule has 4 nitrogen and oxygen atoms in total. The van der Waals surface area contributed by atoms with Crippen molar-refractivity contribution in [2.45, 2.75) is 9.48 Å². The molecule has 0 spiro atoms. The minimum Gasteiger partial charge on any atom is -0.383 e. The van der Waals surface area contributed by atoms with Gasteiger partial charge in [0.1, 0.15) is 28.2 Å². The van der Waals surface area contributed by atoms with E-state index in [0.29, 0.717) is 0 Å². The summed E-state index contributed by atoms with van der Waals surface area (Å²) >= 11 is 7.76. The Kier molecular flexibility index (Phi) is 5.88. The minimum atomic E-state index is 0.0684. The van der Waals surface area contributed by atoms with Crippen LogP contribution in [0.2, 0.25) is 0 Å². The SMILES string of the molecule is CSC1SC(C(=N)N)=CC1=NOSc1cccc(Br)c1. The number of hydrogen-bond acceptors (Lipinski definition) is 6. The average Bonchev–Trinajstić information content (AvgIpc) is 2.82. The van der Waals surface area contributed by atoms with Crippen molar-refractivity contribution in [2.75, 3.05) is 6.26 Å². The summed E-state index contributed by atoms with van der Waals surface area (Å²) in [6, 6.07) is 7.79. The summed E-state index contributed by atoms with van der Waals surface area (Å²) in [5, 5.41) is 11.6. The average molecular weight is 390 g/mol. The van der Waals surface area contributed by atoms with Crippen LogP contribution in [0.1, 0.15) is 0 Å². The molecule has 1 atom stereocenters. The summed E-state index contributed by atoms with van der Waals surface area (Å²) in [6.45, 7) is 0. The van der Waals surface area contributed by atoms with Crippen molar-refractivity contribution < 1.29 is 4.28 Å². The third-order valence-corrected chi connectivity index (χ3v) is 5.98. The Labute approximate surface area is 138 Å². The van der Waals surface area contributed by atoms with Crippen LogP contribution in [-0.2, 0) is 4.28 Å². The zero-order chi connectivity index (χ0) is 14.5. The van der Waals surface area contributed by atoms with Crippen molar-refractivity contribution in [2.24, 2.45) is 10.9 Å². The van der Waals surface area contributed by atoms with E-state index in [0.717, 1.165) is 20.0 Å². The molecule has 0 bridgehead atoms. The quantitative estimate of drug-likeness (QED) is 0.343. The van der Waals surface area contributed by atoms with Crippen molar-refractivity contribution in [3.63, 3.8) is 0 Å². The van der Waals surface area contributed by atoms with E-state index in [9.17, 15) is 0 Å². The third-order valence-electron chi connectivity index (χ3n) is 2.31. The minimum absolute atomic E-state index is 0.0684. The maximum absolute atomic E-state index is 7.46. The lowest BCUT2D eigenvalue weighted by atomic mass is 10.3. The Bertz CT molecular complexity index is 577. The lowest BCUT2D eigenvalue weighted by molar-refractivity contribution is 0.405. The van der Waals surface area contributed by atoms with Gasteiger partial charge in [-0.05, 0) is 30.5 Å². The van der Waals surface area contributed by atoms with Crippen LogP contribution in [0.25, 0.3) is 0 Å². The number of thioether (sulfide) groups is 2. The van der Waals surface area contributed by atoms with Gasteiger partial charge in [-0.15, -0.1) is 23.5 Å². The van der Waals surface area contributed by atoms with Gasteiger partial charge in [0, 0.05) is 4.47 Å². The van der Waals surface area contributed by atoms with Gasteiger partial charge in [0.15, 0.2) is 0 Å². The highest BCUT2D eigenvalue weighted by molar-refractivity contribution is 9.10. The van der Waals surface area contributed by atoms with E-state index in [1.165, 1.54) is 23.8 Å². The molecular formula is C12H12BrN3OS3. The molecule has 1 unspecified atom stereocenters. The van der Waals surface area contributed by atoms with Gasteiger partial charge in [-0.3, -0.25) is 5.41 Å². The summed E-state index contributed by atoms with van der Waals surface area (Å²) in [5.74, 6) is 0.0684. The molecule has 1 aliphatic heterocycles. The monoisotopic (exact) mass is 389 g/mol. The first-order valence-electron chi connectivity index (χ1n) is 5.53. The molecule has 0 aromatic heterocycles. The van der Waals surface area contributed by atoms with Gasteiger partial charge < -0.3 is 10.0 Å². The van der Waals surface area contributed by atoms with E-state index >= 15 is 0 Å². The number of allylic oxidation sites excluding steroid dienone is 1. The van der Waals surface area contributed by atoms with Gasteiger partial charge in [0.25, 0.3) is 0 Å². The maximum atomic E-state index is 7.46. The van der Waals surface area contributed by atoms with Crippen molar-refractivity contribution in [3.8, 4) is 0 Å². The molecule has 20 heavy (non-hydrogen) atoms. The lowest BCUT2D eigenvalue weighted by Gasteiger charge is -2.06. The predicted octanol–water partition coefficient (Wildman–Crippen LogP) is 4.08. The van der Waals surface area contributed by atoms with Gasteiger partial charge in [-0.25, -0.2) is 0 Å². The molecule has 0 fully saturated rings. The molecule has 0 saturated heterocycles. The number of halogens is 1. The number of oxime groups is 1. The van der Waals surface area contributed by atoms with Crippen LogP contribution in [0, 0.1) is 5.41 Å². The molecule has 1 heterocycles. The van der Waals surface area contributed by atoms with Crippen LogP contribution in [0.15, 0.2) is 49.8 Å². The van der Waals surface area contributed by atoms with Gasteiger partial charge >= 0.3 is 0 Å². The maximum Gasteiger partial charge on any atom is 0.129 e. The van der Waals surface area contributed by atoms with E-state index in [2.05, 4.69) is 21.1 Å². The first kappa shape index (κ1) is 15.8. The fourth-order valence-corrected chi connectivity index (χ4v) is 4.31. The Balaban J connectivity index is 2.01. The zero-order valence-corrected chi connectivity index (χ0v) is 14.5. The van der Waals surface area contributed by atoms with E-state index in [4.69, 9.17) is 15.4 Å². The van der Waals surface area contributed by atoms with Crippen LogP contribution in [-0.4, -0.2) is 22.4 Å². The second kappa shape index (κ2) is 7.44. The first-order valence-corrected chi connectivity index (χ1v) is 9.23. The molecule has 0 radical (unpaired) electrons. The number of amidine groups is 1. The number of benzene rings is 1. The number of nitrogens with one attached hydrogen (secondary N) is 1. The molecule has 3 N–H and O–H groups in total. The normalized spacial score (nSPS) is 20.0. The number of hydrogen-bond donors (Lipinski definition) is 2. The van der Waals surface area contributed by atoms with Crippen molar-refractivity contribution in [3.05, 3.63) is 39.7 Å². The molecule has 1 aromatic rings. The number of nitrogens with two attached hydrogens (primary N) is 1. The zero-order valence-electron chi connectivity index (χ0n) is 10.5. The molecule has 2 rings (SSSR count). The van der Waals surface area contributed by atoms with Gasteiger partial charge in [0.2, 0.25) is 0 Å². The Morgan fingerprint density at radius 2 is 2.35 bits per heavy atom. The van der Waals surface area contributed by atoms with Crippen LogP contribution >= 0.6 is 51.5 Å². The van der Waals surface area contributed by atoms with Crippen LogP contribution in [0.3, 0.4) is 0 Å². The van der Waals surface area contributed by atoms with E-state index in [-0.39, 0.29) is 10.4 Å². The molecule has 1 aliphatic rings. The van der Waals surface area contributed by atoms with Crippen LogP contribution < -0.4 is 5.73 Å². The highest BCUT2D eigenvalue weighted by Crippen LogP contribution is 2.36. The smallest absolute Gasteiger partial charge is 0.129 e. The first-order chi connectivity index (χ1) is 9.60. The van der Waals surface area contributed by atoms with E-state index in [1.807, 2.05) is 30.5 Å². The summed E-state index contributed by atoms with van der Waals surface area (Å²) < 4.78 is 6.44. The summed E-state index contributed by atoms with van der Waals surface area (Å²) in [5.41, 5.74) is 6.28. The second-order valence-corrected chi connectivity index (χ2v) is 7.83. The van der Waals surface area contributed by atoms with Crippen LogP contribution in [0.4, 0.5) is 0 Å². The van der Waals surface area contributed by atoms with Gasteiger partial charge in [-0.2, -0.15) is 0 Å². The molecule has 1 aromatic carbocycles. The fraction of sp³-hybridized carbons (Fsp3) is 0.167. The molecule has 0 amide bonds. The van der Waals surface area contributed by atoms with E-state index in [1.54, 1.807) is 17.8 Å².